The fraction of sp³-hybridized carbons (Fsp3) is 0.273. The van der Waals surface area contributed by atoms with Crippen LogP contribution in [0.4, 0.5) is 5.69 Å². The molecule has 2 aliphatic rings. The van der Waals surface area contributed by atoms with Crippen LogP contribution in [0.5, 0.6) is 0 Å². The van der Waals surface area contributed by atoms with Crippen LogP contribution in [-0.2, 0) is 9.59 Å². The van der Waals surface area contributed by atoms with E-state index in [1.54, 1.807) is 6.08 Å². The molecule has 1 amide bonds. The molecule has 3 atom stereocenters. The third-order valence-electron chi connectivity index (χ3n) is 5.39. The first-order valence-electron chi connectivity index (χ1n) is 8.89. The van der Waals surface area contributed by atoms with Gasteiger partial charge in [-0.2, -0.15) is 0 Å². The van der Waals surface area contributed by atoms with Gasteiger partial charge in [-0.3, -0.25) is 9.59 Å². The van der Waals surface area contributed by atoms with Gasteiger partial charge in [-0.25, -0.2) is 0 Å². The second-order valence-electron chi connectivity index (χ2n) is 6.89. The SMILES string of the molecule is O=C1C=C2CCCC2C(c2ccccc2)C1C(=O)Nc1ccccc1. The molecule has 0 saturated heterocycles. The normalized spacial score (nSPS) is 25.2. The average molecular weight is 331 g/mol. The predicted molar refractivity (Wildman–Crippen MR) is 98.2 cm³/mol. The zero-order chi connectivity index (χ0) is 17.2. The molecule has 3 unspecified atom stereocenters. The van der Waals surface area contributed by atoms with Crippen LogP contribution >= 0.6 is 0 Å². The molecular formula is C22H21NO2. The van der Waals surface area contributed by atoms with Gasteiger partial charge >= 0.3 is 0 Å². The van der Waals surface area contributed by atoms with E-state index in [1.807, 2.05) is 60.7 Å². The molecule has 0 aromatic heterocycles. The lowest BCUT2D eigenvalue weighted by Gasteiger charge is -2.34. The van der Waals surface area contributed by atoms with Gasteiger partial charge in [0.15, 0.2) is 5.78 Å². The molecule has 1 fully saturated rings. The summed E-state index contributed by atoms with van der Waals surface area (Å²) in [7, 11) is 0. The average Bonchev–Trinajstić information content (AvgIpc) is 3.10. The second-order valence-corrected chi connectivity index (χ2v) is 6.89. The number of carbonyl (C=O) groups excluding carboxylic acids is 2. The summed E-state index contributed by atoms with van der Waals surface area (Å²) in [5.41, 5.74) is 3.04. The van der Waals surface area contributed by atoms with Gasteiger partial charge in [0.2, 0.25) is 5.91 Å². The maximum absolute atomic E-state index is 13.0. The quantitative estimate of drug-likeness (QED) is 0.851. The van der Waals surface area contributed by atoms with Crippen LogP contribution in [0.25, 0.3) is 0 Å². The molecule has 0 bridgehead atoms. The summed E-state index contributed by atoms with van der Waals surface area (Å²) in [5, 5.41) is 2.93. The van der Waals surface area contributed by atoms with Crippen molar-refractivity contribution in [1.82, 2.24) is 0 Å². The monoisotopic (exact) mass is 331 g/mol. The summed E-state index contributed by atoms with van der Waals surface area (Å²) < 4.78 is 0. The van der Waals surface area contributed by atoms with Crippen LogP contribution in [0.3, 0.4) is 0 Å². The zero-order valence-electron chi connectivity index (χ0n) is 14.0. The number of allylic oxidation sites excluding steroid dienone is 2. The van der Waals surface area contributed by atoms with Crippen molar-refractivity contribution in [3.05, 3.63) is 77.9 Å². The number of nitrogens with one attached hydrogen (secondary N) is 1. The summed E-state index contributed by atoms with van der Waals surface area (Å²) in [5.74, 6) is -0.691. The Bertz CT molecular complexity index is 810. The Balaban J connectivity index is 1.70. The molecule has 0 heterocycles. The molecule has 126 valence electrons. The largest absolute Gasteiger partial charge is 0.325 e. The number of fused-ring (bicyclic) bond motifs is 1. The van der Waals surface area contributed by atoms with Crippen molar-refractivity contribution in [2.45, 2.75) is 25.2 Å². The highest BCUT2D eigenvalue weighted by Gasteiger charge is 2.45. The second kappa shape index (κ2) is 6.67. The number of ketones is 1. The lowest BCUT2D eigenvalue weighted by atomic mass is 9.68. The van der Waals surface area contributed by atoms with Crippen LogP contribution in [-0.4, -0.2) is 11.7 Å². The molecule has 1 saturated carbocycles. The third kappa shape index (κ3) is 3.02. The van der Waals surface area contributed by atoms with Crippen molar-refractivity contribution >= 4 is 17.4 Å². The van der Waals surface area contributed by atoms with E-state index in [-0.39, 0.29) is 17.6 Å². The van der Waals surface area contributed by atoms with Crippen molar-refractivity contribution in [3.8, 4) is 0 Å². The maximum atomic E-state index is 13.0. The van der Waals surface area contributed by atoms with Crippen LogP contribution < -0.4 is 5.32 Å². The lowest BCUT2D eigenvalue weighted by Crippen LogP contribution is -2.39. The Kier molecular flexibility index (Phi) is 4.22. The molecule has 0 aliphatic heterocycles. The van der Waals surface area contributed by atoms with Crippen molar-refractivity contribution in [2.24, 2.45) is 11.8 Å². The van der Waals surface area contributed by atoms with Gasteiger partial charge in [-0.15, -0.1) is 0 Å². The third-order valence-corrected chi connectivity index (χ3v) is 5.39. The van der Waals surface area contributed by atoms with E-state index in [1.165, 1.54) is 5.57 Å². The highest BCUT2D eigenvalue weighted by atomic mass is 16.2. The van der Waals surface area contributed by atoms with Crippen LogP contribution in [0, 0.1) is 11.8 Å². The van der Waals surface area contributed by atoms with E-state index in [2.05, 4.69) is 5.32 Å². The molecule has 1 N–H and O–H groups in total. The summed E-state index contributed by atoms with van der Waals surface area (Å²) >= 11 is 0. The number of hydrogen-bond acceptors (Lipinski definition) is 2. The van der Waals surface area contributed by atoms with Gasteiger partial charge in [0, 0.05) is 11.6 Å². The van der Waals surface area contributed by atoms with E-state index in [0.29, 0.717) is 5.92 Å². The number of hydrogen-bond donors (Lipinski definition) is 1. The summed E-state index contributed by atoms with van der Waals surface area (Å²) in [6, 6.07) is 19.4. The van der Waals surface area contributed by atoms with Crippen molar-refractivity contribution in [3.63, 3.8) is 0 Å². The standard InChI is InChI=1S/C22H21NO2/c24-19-14-16-10-7-13-18(16)20(15-8-3-1-4-9-15)21(19)22(25)23-17-11-5-2-6-12-17/h1-6,8-9,11-12,14,18,20-21H,7,10,13H2,(H,23,25). The molecular weight excluding hydrogens is 310 g/mol. The van der Waals surface area contributed by atoms with Crippen molar-refractivity contribution < 1.29 is 9.59 Å². The number of amides is 1. The first-order chi connectivity index (χ1) is 12.2. The summed E-state index contributed by atoms with van der Waals surface area (Å²) in [4.78, 5) is 25.8. The minimum Gasteiger partial charge on any atom is -0.325 e. The van der Waals surface area contributed by atoms with Gasteiger partial charge in [0.1, 0.15) is 5.92 Å². The fourth-order valence-electron chi connectivity index (χ4n) is 4.30. The highest BCUT2D eigenvalue weighted by molar-refractivity contribution is 6.12. The number of carbonyl (C=O) groups is 2. The lowest BCUT2D eigenvalue weighted by molar-refractivity contribution is -0.130. The van der Waals surface area contributed by atoms with Crippen LogP contribution in [0.1, 0.15) is 30.7 Å². The molecule has 2 aliphatic carbocycles. The Morgan fingerprint density at radius 3 is 2.36 bits per heavy atom. The minimum atomic E-state index is -0.658. The predicted octanol–water partition coefficient (Wildman–Crippen LogP) is 4.33. The number of anilines is 1. The van der Waals surface area contributed by atoms with Crippen molar-refractivity contribution in [1.29, 1.82) is 0 Å². The van der Waals surface area contributed by atoms with Gasteiger partial charge in [0.05, 0.1) is 0 Å². The molecule has 0 spiro atoms. The number of benzene rings is 2. The molecule has 3 heteroatoms. The molecule has 0 radical (unpaired) electrons. The smallest absolute Gasteiger partial charge is 0.235 e. The first kappa shape index (κ1) is 15.8. The van der Waals surface area contributed by atoms with E-state index >= 15 is 0 Å². The first-order valence-corrected chi connectivity index (χ1v) is 8.89. The van der Waals surface area contributed by atoms with Gasteiger partial charge in [0.25, 0.3) is 0 Å². The summed E-state index contributed by atoms with van der Waals surface area (Å²) in [6.07, 6.45) is 4.87. The molecule has 2 aromatic carbocycles. The molecule has 2 aromatic rings. The van der Waals surface area contributed by atoms with Crippen LogP contribution in [0.2, 0.25) is 0 Å². The molecule has 4 rings (SSSR count). The van der Waals surface area contributed by atoms with Crippen LogP contribution in [0.15, 0.2) is 72.3 Å². The number of rotatable bonds is 3. The minimum absolute atomic E-state index is 0.0598. The van der Waals surface area contributed by atoms with E-state index < -0.39 is 5.92 Å². The summed E-state index contributed by atoms with van der Waals surface area (Å²) in [6.45, 7) is 0. The molecule has 25 heavy (non-hydrogen) atoms. The van der Waals surface area contributed by atoms with Gasteiger partial charge in [-0.05, 0) is 49.0 Å². The Morgan fingerprint density at radius 2 is 1.64 bits per heavy atom. The maximum Gasteiger partial charge on any atom is 0.235 e. The Hall–Kier alpha value is -2.68. The van der Waals surface area contributed by atoms with E-state index in [9.17, 15) is 9.59 Å². The number of para-hydroxylation sites is 1. The fourth-order valence-corrected chi connectivity index (χ4v) is 4.30. The topological polar surface area (TPSA) is 46.2 Å². The Morgan fingerprint density at radius 1 is 0.960 bits per heavy atom. The molecule has 3 nitrogen and oxygen atoms in total. The van der Waals surface area contributed by atoms with Crippen molar-refractivity contribution in [2.75, 3.05) is 5.32 Å². The van der Waals surface area contributed by atoms with E-state index in [0.717, 1.165) is 30.5 Å². The highest BCUT2D eigenvalue weighted by Crippen LogP contribution is 2.48. The van der Waals surface area contributed by atoms with Gasteiger partial charge in [-0.1, -0.05) is 54.1 Å². The van der Waals surface area contributed by atoms with E-state index in [4.69, 9.17) is 0 Å². The Labute approximate surface area is 147 Å². The van der Waals surface area contributed by atoms with Gasteiger partial charge < -0.3 is 5.32 Å². The zero-order valence-corrected chi connectivity index (χ0v) is 14.0.